The molecule has 0 bridgehead atoms. The number of carbonyl (C=O) groups is 2. The largest absolute Gasteiger partial charge is 0.356 e. The predicted octanol–water partition coefficient (Wildman–Crippen LogP) is 2.21. The topological polar surface area (TPSA) is 61.4 Å². The van der Waals surface area contributed by atoms with Gasteiger partial charge in [-0.05, 0) is 50.7 Å². The van der Waals surface area contributed by atoms with Crippen molar-refractivity contribution in [3.8, 4) is 0 Å². The summed E-state index contributed by atoms with van der Waals surface area (Å²) in [4.78, 5) is 25.5. The van der Waals surface area contributed by atoms with Gasteiger partial charge in [0.05, 0.1) is 0 Å². The van der Waals surface area contributed by atoms with Gasteiger partial charge in [-0.1, -0.05) is 26.0 Å². The van der Waals surface area contributed by atoms with Crippen molar-refractivity contribution in [3.05, 3.63) is 29.8 Å². The third-order valence-electron chi connectivity index (χ3n) is 3.29. The van der Waals surface area contributed by atoms with E-state index in [9.17, 15) is 9.59 Å². The highest BCUT2D eigenvalue weighted by molar-refractivity contribution is 6.03. The lowest BCUT2D eigenvalue weighted by atomic mass is 10.0. The molecule has 0 atom stereocenters. The van der Waals surface area contributed by atoms with Gasteiger partial charge >= 0.3 is 0 Å². The number of nitrogens with one attached hydrogen (secondary N) is 2. The first kappa shape index (κ1) is 18.2. The van der Waals surface area contributed by atoms with Crippen molar-refractivity contribution in [1.82, 2.24) is 10.2 Å². The maximum Gasteiger partial charge on any atom is 0.233 e. The van der Waals surface area contributed by atoms with E-state index in [1.54, 1.807) is 0 Å². The van der Waals surface area contributed by atoms with E-state index in [0.717, 1.165) is 18.7 Å². The number of anilines is 1. The van der Waals surface area contributed by atoms with Gasteiger partial charge in [-0.3, -0.25) is 9.59 Å². The molecule has 2 amide bonds. The van der Waals surface area contributed by atoms with Crippen molar-refractivity contribution in [2.24, 2.45) is 0 Å². The van der Waals surface area contributed by atoms with Gasteiger partial charge in [-0.15, -0.1) is 0 Å². The van der Waals surface area contributed by atoms with Crippen LogP contribution >= 0.6 is 0 Å². The molecule has 1 aromatic carbocycles. The molecule has 0 spiro atoms. The summed E-state index contributed by atoms with van der Waals surface area (Å²) in [6.45, 7) is 5.74. The Hall–Kier alpha value is -1.88. The summed E-state index contributed by atoms with van der Waals surface area (Å²) in [5.74, 6) is -0.0739. The molecule has 0 radical (unpaired) electrons. The van der Waals surface area contributed by atoms with E-state index in [4.69, 9.17) is 0 Å². The fourth-order valence-corrected chi connectivity index (χ4v) is 1.99. The summed E-state index contributed by atoms with van der Waals surface area (Å²) < 4.78 is 0. The molecule has 1 rings (SSSR count). The van der Waals surface area contributed by atoms with Crippen LogP contribution in [0.4, 0.5) is 5.69 Å². The van der Waals surface area contributed by atoms with Crippen LogP contribution in [0.5, 0.6) is 0 Å². The third kappa shape index (κ3) is 7.22. The van der Waals surface area contributed by atoms with Crippen LogP contribution in [0, 0.1) is 0 Å². The average Bonchev–Trinajstić information content (AvgIpc) is 2.43. The number of benzene rings is 1. The quantitative estimate of drug-likeness (QED) is 0.572. The second-order valence-electron chi connectivity index (χ2n) is 6.01. The molecular weight excluding hydrogens is 278 g/mol. The summed E-state index contributed by atoms with van der Waals surface area (Å²) in [5.41, 5.74) is 1.94. The SMILES string of the molecule is CC(C)c1ccc(NC(=O)CC(=O)NCCCN(C)C)cc1. The summed E-state index contributed by atoms with van der Waals surface area (Å²) in [6.07, 6.45) is 0.727. The highest BCUT2D eigenvalue weighted by Crippen LogP contribution is 2.17. The minimum Gasteiger partial charge on any atom is -0.356 e. The molecule has 1 aromatic rings. The van der Waals surface area contributed by atoms with E-state index < -0.39 is 0 Å². The molecule has 0 aliphatic heterocycles. The van der Waals surface area contributed by atoms with Gasteiger partial charge < -0.3 is 15.5 Å². The van der Waals surface area contributed by atoms with Crippen LogP contribution < -0.4 is 10.6 Å². The van der Waals surface area contributed by atoms with Crippen molar-refractivity contribution in [2.75, 3.05) is 32.5 Å². The summed E-state index contributed by atoms with van der Waals surface area (Å²) in [6, 6.07) is 7.70. The highest BCUT2D eigenvalue weighted by Gasteiger charge is 2.09. The van der Waals surface area contributed by atoms with Crippen LogP contribution in [0.1, 0.15) is 38.2 Å². The first-order valence-corrected chi connectivity index (χ1v) is 7.69. The normalized spacial score (nSPS) is 10.8. The molecule has 0 unspecified atom stereocenters. The van der Waals surface area contributed by atoms with Gasteiger partial charge in [0.25, 0.3) is 0 Å². The molecular formula is C17H27N3O2. The van der Waals surface area contributed by atoms with Gasteiger partial charge in [0.1, 0.15) is 6.42 Å². The zero-order valence-corrected chi connectivity index (χ0v) is 14.0. The van der Waals surface area contributed by atoms with Gasteiger partial charge in [0.2, 0.25) is 11.8 Å². The van der Waals surface area contributed by atoms with Crippen molar-refractivity contribution < 1.29 is 9.59 Å². The number of hydrogen-bond donors (Lipinski definition) is 2. The predicted molar refractivity (Wildman–Crippen MR) is 90.0 cm³/mol. The zero-order valence-electron chi connectivity index (χ0n) is 14.0. The number of nitrogens with zero attached hydrogens (tertiary/aromatic N) is 1. The van der Waals surface area contributed by atoms with Gasteiger partial charge in [0, 0.05) is 12.2 Å². The second-order valence-corrected chi connectivity index (χ2v) is 6.01. The molecule has 0 aliphatic carbocycles. The Morgan fingerprint density at radius 2 is 1.73 bits per heavy atom. The Morgan fingerprint density at radius 3 is 2.27 bits per heavy atom. The molecule has 0 heterocycles. The molecule has 2 N–H and O–H groups in total. The lowest BCUT2D eigenvalue weighted by molar-refractivity contribution is -0.126. The Labute approximate surface area is 133 Å². The highest BCUT2D eigenvalue weighted by atomic mass is 16.2. The number of rotatable bonds is 8. The fraction of sp³-hybridized carbons (Fsp3) is 0.529. The summed E-state index contributed by atoms with van der Waals surface area (Å²) >= 11 is 0. The first-order chi connectivity index (χ1) is 10.4. The zero-order chi connectivity index (χ0) is 16.5. The Balaban J connectivity index is 2.31. The van der Waals surface area contributed by atoms with Gasteiger partial charge in [-0.25, -0.2) is 0 Å². The molecule has 0 aromatic heterocycles. The second kappa shape index (κ2) is 9.20. The lowest BCUT2D eigenvalue weighted by Crippen LogP contribution is -2.30. The Morgan fingerprint density at radius 1 is 1.09 bits per heavy atom. The lowest BCUT2D eigenvalue weighted by Gasteiger charge is -2.10. The molecule has 0 saturated carbocycles. The third-order valence-corrected chi connectivity index (χ3v) is 3.29. The van der Waals surface area contributed by atoms with Crippen LogP contribution in [0.3, 0.4) is 0 Å². The smallest absolute Gasteiger partial charge is 0.233 e. The standard InChI is InChI=1S/C17H27N3O2/c1-13(2)14-6-8-15(9-7-14)19-17(22)12-16(21)18-10-5-11-20(3)4/h6-9,13H,5,10-12H2,1-4H3,(H,18,21)(H,19,22). The van der Waals surface area contributed by atoms with Crippen LogP contribution in [0.25, 0.3) is 0 Å². The number of hydrogen-bond acceptors (Lipinski definition) is 3. The van der Waals surface area contributed by atoms with Crippen LogP contribution in [-0.4, -0.2) is 43.9 Å². The molecule has 122 valence electrons. The van der Waals surface area contributed by atoms with E-state index in [-0.39, 0.29) is 18.2 Å². The maximum absolute atomic E-state index is 11.8. The number of amides is 2. The van der Waals surface area contributed by atoms with Crippen molar-refractivity contribution in [2.45, 2.75) is 32.6 Å². The monoisotopic (exact) mass is 305 g/mol. The molecule has 5 heteroatoms. The molecule has 22 heavy (non-hydrogen) atoms. The Kier molecular flexibility index (Phi) is 7.60. The summed E-state index contributed by atoms with van der Waals surface area (Å²) in [7, 11) is 3.97. The van der Waals surface area contributed by atoms with Crippen LogP contribution in [0.2, 0.25) is 0 Å². The van der Waals surface area contributed by atoms with Crippen molar-refractivity contribution in [1.29, 1.82) is 0 Å². The van der Waals surface area contributed by atoms with E-state index in [2.05, 4.69) is 29.4 Å². The van der Waals surface area contributed by atoms with Crippen LogP contribution in [0.15, 0.2) is 24.3 Å². The van der Waals surface area contributed by atoms with Crippen molar-refractivity contribution >= 4 is 17.5 Å². The minimum absolute atomic E-state index is 0.145. The van der Waals surface area contributed by atoms with E-state index in [1.165, 1.54) is 5.56 Å². The molecule has 0 aliphatic rings. The minimum atomic E-state index is -0.289. The first-order valence-electron chi connectivity index (χ1n) is 7.69. The van der Waals surface area contributed by atoms with E-state index in [1.807, 2.05) is 38.4 Å². The maximum atomic E-state index is 11.8. The Bertz CT molecular complexity index is 481. The fourth-order valence-electron chi connectivity index (χ4n) is 1.99. The van der Waals surface area contributed by atoms with Crippen LogP contribution in [-0.2, 0) is 9.59 Å². The van der Waals surface area contributed by atoms with Gasteiger partial charge in [-0.2, -0.15) is 0 Å². The number of carbonyl (C=O) groups excluding carboxylic acids is 2. The van der Waals surface area contributed by atoms with Gasteiger partial charge in [0.15, 0.2) is 0 Å². The average molecular weight is 305 g/mol. The molecule has 5 nitrogen and oxygen atoms in total. The molecule has 0 saturated heterocycles. The van der Waals surface area contributed by atoms with E-state index in [0.29, 0.717) is 12.5 Å². The van der Waals surface area contributed by atoms with E-state index >= 15 is 0 Å². The van der Waals surface area contributed by atoms with Crippen molar-refractivity contribution in [3.63, 3.8) is 0 Å². The summed E-state index contributed by atoms with van der Waals surface area (Å²) in [5, 5.41) is 5.49. The molecule has 0 fully saturated rings.